The van der Waals surface area contributed by atoms with Gasteiger partial charge in [-0.05, 0) is 17.7 Å². The molecule has 3 nitrogen and oxygen atoms in total. The van der Waals surface area contributed by atoms with Gasteiger partial charge in [0, 0.05) is 44.0 Å². The maximum Gasteiger partial charge on any atom is 0.288 e. The van der Waals surface area contributed by atoms with Crippen molar-refractivity contribution in [2.45, 2.75) is 35.6 Å². The van der Waals surface area contributed by atoms with Crippen molar-refractivity contribution in [1.29, 1.82) is 0 Å². The molecule has 0 amide bonds. The van der Waals surface area contributed by atoms with Gasteiger partial charge in [0.25, 0.3) is 5.76 Å². The summed E-state index contributed by atoms with van der Waals surface area (Å²) in [6, 6.07) is 7.03. The lowest BCUT2D eigenvalue weighted by atomic mass is 9.94. The van der Waals surface area contributed by atoms with E-state index in [0.29, 0.717) is 55.8 Å². The fraction of sp³-hybridized carbons (Fsp3) is 0.571. The second-order valence-electron chi connectivity index (χ2n) is 4.96. The van der Waals surface area contributed by atoms with Crippen molar-refractivity contribution in [1.82, 2.24) is 5.32 Å². The van der Waals surface area contributed by atoms with Crippen molar-refractivity contribution in [3.05, 3.63) is 29.8 Å². The van der Waals surface area contributed by atoms with E-state index in [-0.39, 0.29) is 0 Å². The minimum absolute atomic E-state index is 0.518. The van der Waals surface area contributed by atoms with Gasteiger partial charge in [0.1, 0.15) is 0 Å². The second-order valence-corrected chi connectivity index (χ2v) is 6.03. The van der Waals surface area contributed by atoms with Crippen LogP contribution in [0.5, 0.6) is 0 Å². The highest BCUT2D eigenvalue weighted by Crippen LogP contribution is 2.25. The van der Waals surface area contributed by atoms with Crippen LogP contribution in [0.4, 0.5) is 8.78 Å². The van der Waals surface area contributed by atoms with E-state index >= 15 is 0 Å². The first-order chi connectivity index (χ1) is 9.57. The third-order valence-corrected chi connectivity index (χ3v) is 4.08. The Balaban J connectivity index is 1.76. The van der Waals surface area contributed by atoms with Crippen LogP contribution < -0.4 is 5.32 Å². The molecule has 1 aromatic carbocycles. The van der Waals surface area contributed by atoms with Crippen LogP contribution in [0.2, 0.25) is 0 Å². The monoisotopic (exact) mass is 303 g/mol. The van der Waals surface area contributed by atoms with Gasteiger partial charge < -0.3 is 15.2 Å². The average Bonchev–Trinajstić information content (AvgIpc) is 2.41. The standard InChI is InChI=1S/C14H19F2NO2S/c15-13(16)20-12-3-1-11(2-4-12)9-17-10-14(18)5-7-19-8-6-14/h1-4,13,17-18H,5-10H2. The lowest BCUT2D eigenvalue weighted by Crippen LogP contribution is -2.44. The summed E-state index contributed by atoms with van der Waals surface area (Å²) in [6.07, 6.45) is 1.29. The van der Waals surface area contributed by atoms with Gasteiger partial charge in [-0.15, -0.1) is 0 Å². The summed E-state index contributed by atoms with van der Waals surface area (Å²) in [7, 11) is 0. The van der Waals surface area contributed by atoms with Crippen LogP contribution in [0, 0.1) is 0 Å². The molecule has 1 aliphatic rings. The Morgan fingerprint density at radius 1 is 1.25 bits per heavy atom. The molecule has 1 heterocycles. The highest BCUT2D eigenvalue weighted by atomic mass is 32.2. The van der Waals surface area contributed by atoms with Crippen LogP contribution in [-0.4, -0.2) is 36.2 Å². The van der Waals surface area contributed by atoms with Crippen LogP contribution in [-0.2, 0) is 11.3 Å². The maximum absolute atomic E-state index is 12.2. The predicted molar refractivity (Wildman–Crippen MR) is 75.0 cm³/mol. The molecule has 1 aliphatic heterocycles. The van der Waals surface area contributed by atoms with E-state index in [9.17, 15) is 13.9 Å². The van der Waals surface area contributed by atoms with Gasteiger partial charge in [-0.3, -0.25) is 0 Å². The first-order valence-corrected chi connectivity index (χ1v) is 7.50. The van der Waals surface area contributed by atoms with Crippen LogP contribution in [0.1, 0.15) is 18.4 Å². The number of halogens is 2. The molecule has 6 heteroatoms. The molecule has 1 aromatic rings. The lowest BCUT2D eigenvalue weighted by Gasteiger charge is -2.32. The number of ether oxygens (including phenoxy) is 1. The minimum atomic E-state index is -2.39. The smallest absolute Gasteiger partial charge is 0.288 e. The number of hydrogen-bond donors (Lipinski definition) is 2. The van der Waals surface area contributed by atoms with Crippen LogP contribution >= 0.6 is 11.8 Å². The van der Waals surface area contributed by atoms with Gasteiger partial charge in [-0.2, -0.15) is 8.78 Å². The number of aliphatic hydroxyl groups is 1. The van der Waals surface area contributed by atoms with Gasteiger partial charge in [0.15, 0.2) is 0 Å². The zero-order valence-electron chi connectivity index (χ0n) is 11.1. The normalized spacial score (nSPS) is 18.4. The molecular weight excluding hydrogens is 284 g/mol. The fourth-order valence-electron chi connectivity index (χ4n) is 2.16. The van der Waals surface area contributed by atoms with Crippen LogP contribution in [0.3, 0.4) is 0 Å². The van der Waals surface area contributed by atoms with Gasteiger partial charge >= 0.3 is 0 Å². The Labute approximate surface area is 121 Å². The van der Waals surface area contributed by atoms with E-state index in [1.807, 2.05) is 12.1 Å². The van der Waals surface area contributed by atoms with E-state index in [4.69, 9.17) is 4.74 Å². The molecule has 2 rings (SSSR count). The summed E-state index contributed by atoms with van der Waals surface area (Å²) in [6.45, 7) is 2.32. The highest BCUT2D eigenvalue weighted by Gasteiger charge is 2.28. The average molecular weight is 303 g/mol. The Hall–Kier alpha value is -0.690. The summed E-state index contributed by atoms with van der Waals surface area (Å²) in [5, 5.41) is 13.5. The molecule has 1 saturated heterocycles. The summed E-state index contributed by atoms with van der Waals surface area (Å²) in [4.78, 5) is 0.562. The van der Waals surface area contributed by atoms with E-state index in [1.54, 1.807) is 12.1 Å². The van der Waals surface area contributed by atoms with Crippen molar-refractivity contribution in [3.63, 3.8) is 0 Å². The summed E-state index contributed by atoms with van der Waals surface area (Å²) in [5.41, 5.74) is 0.322. The number of alkyl halides is 2. The Kier molecular flexibility index (Phi) is 5.77. The van der Waals surface area contributed by atoms with Crippen LogP contribution in [0.15, 0.2) is 29.2 Å². The second kappa shape index (κ2) is 7.36. The van der Waals surface area contributed by atoms with Crippen LogP contribution in [0.25, 0.3) is 0 Å². The molecule has 1 fully saturated rings. The van der Waals surface area contributed by atoms with Crippen molar-refractivity contribution in [3.8, 4) is 0 Å². The molecule has 0 aliphatic carbocycles. The van der Waals surface area contributed by atoms with Gasteiger partial charge in [-0.1, -0.05) is 23.9 Å². The molecule has 0 radical (unpaired) electrons. The van der Waals surface area contributed by atoms with E-state index in [0.717, 1.165) is 5.56 Å². The molecular formula is C14H19F2NO2S. The van der Waals surface area contributed by atoms with E-state index in [2.05, 4.69) is 5.32 Å². The zero-order chi connectivity index (χ0) is 14.4. The fourth-order valence-corrected chi connectivity index (χ4v) is 2.66. The Morgan fingerprint density at radius 2 is 1.90 bits per heavy atom. The first-order valence-electron chi connectivity index (χ1n) is 6.62. The molecule has 0 atom stereocenters. The van der Waals surface area contributed by atoms with Gasteiger partial charge in [-0.25, -0.2) is 0 Å². The molecule has 0 aromatic heterocycles. The zero-order valence-corrected chi connectivity index (χ0v) is 12.0. The minimum Gasteiger partial charge on any atom is -0.388 e. The number of rotatable bonds is 6. The molecule has 0 saturated carbocycles. The van der Waals surface area contributed by atoms with E-state index < -0.39 is 11.4 Å². The number of nitrogens with one attached hydrogen (secondary N) is 1. The number of benzene rings is 1. The lowest BCUT2D eigenvalue weighted by molar-refractivity contribution is -0.0617. The van der Waals surface area contributed by atoms with Crippen molar-refractivity contribution in [2.75, 3.05) is 19.8 Å². The van der Waals surface area contributed by atoms with Crippen molar-refractivity contribution >= 4 is 11.8 Å². The Morgan fingerprint density at radius 3 is 2.50 bits per heavy atom. The molecule has 2 N–H and O–H groups in total. The largest absolute Gasteiger partial charge is 0.388 e. The number of hydrogen-bond acceptors (Lipinski definition) is 4. The van der Waals surface area contributed by atoms with Crippen molar-refractivity contribution < 1.29 is 18.6 Å². The van der Waals surface area contributed by atoms with Crippen molar-refractivity contribution in [2.24, 2.45) is 0 Å². The topological polar surface area (TPSA) is 41.5 Å². The molecule has 0 unspecified atom stereocenters. The molecule has 0 bridgehead atoms. The van der Waals surface area contributed by atoms with Gasteiger partial charge in [0.2, 0.25) is 0 Å². The Bertz CT molecular complexity index is 408. The summed E-state index contributed by atoms with van der Waals surface area (Å²) < 4.78 is 29.6. The first kappa shape index (κ1) is 15.7. The molecule has 112 valence electrons. The predicted octanol–water partition coefficient (Wildman–Crippen LogP) is 2.63. The maximum atomic E-state index is 12.2. The quantitative estimate of drug-likeness (QED) is 0.793. The molecule has 20 heavy (non-hydrogen) atoms. The molecule has 0 spiro atoms. The van der Waals surface area contributed by atoms with E-state index in [1.165, 1.54) is 0 Å². The third-order valence-electron chi connectivity index (χ3n) is 3.36. The SMILES string of the molecule is OC1(CNCc2ccc(SC(F)F)cc2)CCOCC1. The third kappa shape index (κ3) is 5.01. The highest BCUT2D eigenvalue weighted by molar-refractivity contribution is 7.99. The summed E-state index contributed by atoms with van der Waals surface area (Å²) in [5.74, 6) is -2.39. The summed E-state index contributed by atoms with van der Waals surface area (Å²) >= 11 is 0.545. The van der Waals surface area contributed by atoms with Gasteiger partial charge in [0.05, 0.1) is 5.60 Å². The number of thioether (sulfide) groups is 1.